The monoisotopic (exact) mass is 1020 g/mol. The first-order chi connectivity index (χ1) is 37.3. The minimum atomic E-state index is -0.549. The molecule has 1 N–H and O–H groups in total. The van der Waals surface area contributed by atoms with Gasteiger partial charge in [-0.1, -0.05) is 116 Å². The summed E-state index contributed by atoms with van der Waals surface area (Å²) in [4.78, 5) is 47.5. The SMILES string of the molecule is C=CC1=C(C=C)C(CC)c2cc3c(c(-c4c5c6cc7c4C(=O)c4cc8c(cc4C7CC)C(CC)c4cc7c(cc4C8)C(=O)c4cc(c(cc4C7CC)C6CC)C5)c2C1)OC(=O)C(/C=C(/CCC(=C)O)OC)=C(C=C)C3CC. The highest BCUT2D eigenvalue weighted by Crippen LogP contribution is 2.59. The Morgan fingerprint density at radius 1 is 0.532 bits per heavy atom. The van der Waals surface area contributed by atoms with Crippen LogP contribution in [0.1, 0.15) is 244 Å². The number of hydrogen-bond acceptors (Lipinski definition) is 6. The summed E-state index contributed by atoms with van der Waals surface area (Å²) in [7, 11) is 1.57. The van der Waals surface area contributed by atoms with E-state index in [1.165, 1.54) is 27.8 Å². The number of ketones is 2. The van der Waals surface area contributed by atoms with E-state index in [-0.39, 0.29) is 59.3 Å². The second kappa shape index (κ2) is 19.0. The van der Waals surface area contributed by atoms with E-state index in [0.717, 1.165) is 132 Å². The molecule has 6 atom stereocenters. The molecule has 0 saturated heterocycles. The molecule has 0 spiro atoms. The summed E-state index contributed by atoms with van der Waals surface area (Å²) in [5.74, 6) is 0.154. The predicted octanol–water partition coefficient (Wildman–Crippen LogP) is 16.7. The summed E-state index contributed by atoms with van der Waals surface area (Å²) in [5.41, 5.74) is 24.7. The van der Waals surface area contributed by atoms with Crippen molar-refractivity contribution >= 4 is 17.5 Å². The fraction of sp³-hybridized carbons (Fsp3) is 0.338. The Hall–Kier alpha value is -7.31. The molecule has 6 unspecified atom stereocenters. The van der Waals surface area contributed by atoms with E-state index in [0.29, 0.717) is 54.7 Å². The van der Waals surface area contributed by atoms with Crippen LogP contribution >= 0.6 is 0 Å². The van der Waals surface area contributed by atoms with Crippen LogP contribution in [0.25, 0.3) is 11.1 Å². The number of allylic oxidation sites excluding steroid dienone is 8. The van der Waals surface area contributed by atoms with Crippen molar-refractivity contribution in [1.29, 1.82) is 0 Å². The van der Waals surface area contributed by atoms with E-state index in [2.05, 4.69) is 116 Å². The summed E-state index contributed by atoms with van der Waals surface area (Å²) in [6.45, 7) is 30.2. The van der Waals surface area contributed by atoms with E-state index < -0.39 is 5.97 Å². The number of carbonyl (C=O) groups is 3. The molecule has 6 heteroatoms. The van der Waals surface area contributed by atoms with Crippen molar-refractivity contribution in [2.24, 2.45) is 0 Å². The van der Waals surface area contributed by atoms with Gasteiger partial charge in [0.2, 0.25) is 0 Å². The second-order valence-electron chi connectivity index (χ2n) is 22.6. The van der Waals surface area contributed by atoms with Crippen LogP contribution in [0.3, 0.4) is 0 Å². The van der Waals surface area contributed by atoms with E-state index in [1.54, 1.807) is 19.3 Å². The third-order valence-corrected chi connectivity index (χ3v) is 19.2. The number of hydrogen-bond donors (Lipinski definition) is 1. The lowest BCUT2D eigenvalue weighted by Crippen LogP contribution is -2.28. The van der Waals surface area contributed by atoms with Gasteiger partial charge in [-0.3, -0.25) is 9.59 Å². The number of benzene rings is 5. The van der Waals surface area contributed by atoms with Gasteiger partial charge in [0.05, 0.1) is 24.2 Å². The molecule has 6 aliphatic rings. The first kappa shape index (κ1) is 50.5. The molecule has 0 saturated carbocycles. The van der Waals surface area contributed by atoms with Gasteiger partial charge in [-0.05, 0) is 177 Å². The number of ether oxygens (including phenoxy) is 2. The van der Waals surface area contributed by atoms with Gasteiger partial charge < -0.3 is 14.6 Å². The highest BCUT2D eigenvalue weighted by atomic mass is 16.5. The van der Waals surface area contributed by atoms with Crippen LogP contribution in [-0.4, -0.2) is 29.8 Å². The molecule has 0 bridgehead atoms. The lowest BCUT2D eigenvalue weighted by atomic mass is 9.63. The predicted molar refractivity (Wildman–Crippen MR) is 308 cm³/mol. The van der Waals surface area contributed by atoms with E-state index in [9.17, 15) is 5.11 Å². The normalized spacial score (nSPS) is 21.9. The number of methoxy groups -OCH3 is 1. The minimum Gasteiger partial charge on any atom is -0.513 e. The molecule has 11 rings (SSSR count). The Morgan fingerprint density at radius 3 is 1.53 bits per heavy atom. The molecule has 0 radical (unpaired) electrons. The lowest BCUT2D eigenvalue weighted by molar-refractivity contribution is -0.129. The second-order valence-corrected chi connectivity index (χ2v) is 22.6. The molecule has 390 valence electrons. The van der Waals surface area contributed by atoms with Gasteiger partial charge in [-0.25, -0.2) is 4.79 Å². The average Bonchev–Trinajstić information content (AvgIpc) is 3.77. The van der Waals surface area contributed by atoms with E-state index in [4.69, 9.17) is 9.47 Å². The molecule has 1 heterocycles. The molecular weight excluding hydrogens is 949 g/mol. The van der Waals surface area contributed by atoms with Crippen LogP contribution in [0.15, 0.2) is 133 Å². The van der Waals surface area contributed by atoms with Gasteiger partial charge in [0, 0.05) is 87.3 Å². The highest BCUT2D eigenvalue weighted by Gasteiger charge is 2.45. The maximum Gasteiger partial charge on any atom is 0.343 e. The van der Waals surface area contributed by atoms with E-state index in [1.807, 2.05) is 12.2 Å². The summed E-state index contributed by atoms with van der Waals surface area (Å²) < 4.78 is 13.0. The molecule has 5 aromatic rings. The van der Waals surface area contributed by atoms with Crippen molar-refractivity contribution in [3.8, 4) is 16.9 Å². The molecule has 6 nitrogen and oxygen atoms in total. The molecular formula is C71H70O6. The standard InChI is InChI=1S/C71H70O6/c1-12-36-24-58-53(42(14-3)41(36)13-2)34-63-43(15-4)44(16-5)64(29-40(76-11)22-21-35(10)72)71(75)77-70(63)67(58)65-57-25-39-28-61-55-32-51(39)46(18-7)52(57)33-59-48(20-9)56-31-50-38(27-62(56)69(74)66(59)65)23-37-26-60(68(61)73)54(47(55)19-8)30-49(37)45(50)17-6/h12-13,16,26-34,42-43,45-48,72H,1-2,5,10,14-15,17-25H2,3-4,6-9,11H3/b40-29-. The Balaban J connectivity index is 1.24. The number of aliphatic hydroxyl groups is 1. The van der Waals surface area contributed by atoms with Crippen LogP contribution in [0.5, 0.6) is 5.75 Å². The van der Waals surface area contributed by atoms with Gasteiger partial charge in [0.25, 0.3) is 0 Å². The van der Waals surface area contributed by atoms with Crippen LogP contribution in [0.2, 0.25) is 0 Å². The number of fused-ring (bicyclic) bond motifs is 10. The average molecular weight is 1020 g/mol. The van der Waals surface area contributed by atoms with Crippen molar-refractivity contribution in [3.63, 3.8) is 0 Å². The highest BCUT2D eigenvalue weighted by molar-refractivity contribution is 6.18. The zero-order valence-corrected chi connectivity index (χ0v) is 46.0. The van der Waals surface area contributed by atoms with Crippen LogP contribution in [0, 0.1) is 0 Å². The molecule has 5 aliphatic carbocycles. The summed E-state index contributed by atoms with van der Waals surface area (Å²) in [6, 6.07) is 18.5. The van der Waals surface area contributed by atoms with Crippen LogP contribution in [0.4, 0.5) is 0 Å². The molecule has 0 aromatic heterocycles. The first-order valence-corrected chi connectivity index (χ1v) is 28.5. The van der Waals surface area contributed by atoms with Gasteiger partial charge in [-0.2, -0.15) is 0 Å². The van der Waals surface area contributed by atoms with Crippen LogP contribution < -0.4 is 4.74 Å². The fourth-order valence-corrected chi connectivity index (χ4v) is 15.7. The largest absolute Gasteiger partial charge is 0.513 e. The van der Waals surface area contributed by atoms with Gasteiger partial charge in [0.1, 0.15) is 5.75 Å². The smallest absolute Gasteiger partial charge is 0.343 e. The molecule has 77 heavy (non-hydrogen) atoms. The van der Waals surface area contributed by atoms with Crippen molar-refractivity contribution in [1.82, 2.24) is 0 Å². The lowest BCUT2D eigenvalue weighted by Gasteiger charge is -2.40. The Kier molecular flexibility index (Phi) is 12.5. The van der Waals surface area contributed by atoms with Crippen molar-refractivity contribution in [3.05, 3.63) is 239 Å². The first-order valence-electron chi connectivity index (χ1n) is 28.5. The quantitative estimate of drug-likeness (QED) is 0.0626. The molecule has 1 aliphatic heterocycles. The third-order valence-electron chi connectivity index (χ3n) is 19.2. The Morgan fingerprint density at radius 2 is 1.00 bits per heavy atom. The number of esters is 1. The van der Waals surface area contributed by atoms with Gasteiger partial charge in [0.15, 0.2) is 11.6 Å². The molecule has 0 amide bonds. The van der Waals surface area contributed by atoms with Gasteiger partial charge in [-0.15, -0.1) is 0 Å². The number of aliphatic hydroxyl groups excluding tert-OH is 1. The number of rotatable bonds is 15. The summed E-state index contributed by atoms with van der Waals surface area (Å²) >= 11 is 0. The summed E-state index contributed by atoms with van der Waals surface area (Å²) in [5, 5.41) is 10.1. The van der Waals surface area contributed by atoms with E-state index >= 15 is 14.4 Å². The molecule has 5 aromatic carbocycles. The van der Waals surface area contributed by atoms with Crippen molar-refractivity contribution in [2.75, 3.05) is 7.11 Å². The maximum absolute atomic E-state index is 16.6. The Labute approximate surface area is 454 Å². The topological polar surface area (TPSA) is 89.9 Å². The zero-order chi connectivity index (χ0) is 54.0. The van der Waals surface area contributed by atoms with Crippen LogP contribution in [-0.2, 0) is 28.8 Å². The zero-order valence-electron chi connectivity index (χ0n) is 46.0. The van der Waals surface area contributed by atoms with Crippen molar-refractivity contribution < 1.29 is 29.0 Å². The number of carbonyl (C=O) groups excluding carboxylic acids is 3. The fourth-order valence-electron chi connectivity index (χ4n) is 15.7. The Bertz CT molecular complexity index is 3660. The molecule has 0 fully saturated rings. The van der Waals surface area contributed by atoms with Gasteiger partial charge >= 0.3 is 5.97 Å². The minimum absolute atomic E-state index is 0.00422. The van der Waals surface area contributed by atoms with Crippen molar-refractivity contribution in [2.45, 2.75) is 148 Å². The summed E-state index contributed by atoms with van der Waals surface area (Å²) in [6.07, 6.45) is 14.4. The maximum atomic E-state index is 16.6. The third kappa shape index (κ3) is 7.22.